The van der Waals surface area contributed by atoms with Crippen molar-refractivity contribution in [3.05, 3.63) is 0 Å². The van der Waals surface area contributed by atoms with Crippen molar-refractivity contribution in [3.63, 3.8) is 0 Å². The summed E-state index contributed by atoms with van der Waals surface area (Å²) in [4.78, 5) is 0. The summed E-state index contributed by atoms with van der Waals surface area (Å²) in [5, 5.41) is 0. The number of rotatable bonds is 0. The van der Waals surface area contributed by atoms with Gasteiger partial charge in [0.25, 0.3) is 0 Å². The van der Waals surface area contributed by atoms with E-state index >= 15 is 0 Å². The summed E-state index contributed by atoms with van der Waals surface area (Å²) in [5.74, 6) is 0. The predicted octanol–water partition coefficient (Wildman–Crippen LogP) is -8.35. The average Bonchev–Trinajstić information content (AvgIpc) is 1.19. The second kappa shape index (κ2) is 12.1. The van der Waals surface area contributed by atoms with Gasteiger partial charge in [-0.2, -0.15) is 0 Å². The van der Waals surface area contributed by atoms with Gasteiger partial charge in [0.1, 0.15) is 0 Å². The van der Waals surface area contributed by atoms with Gasteiger partial charge in [-0.3, -0.25) is 4.21 Å². The Bertz CT molecular complexity index is 159. The molecule has 0 heterocycles. The second-order valence-corrected chi connectivity index (χ2v) is 2.46. The van der Waals surface area contributed by atoms with Gasteiger partial charge in [0.05, 0.1) is 0 Å². The molecule has 0 aliphatic rings. The van der Waals surface area contributed by atoms with Crippen molar-refractivity contribution in [1.82, 2.24) is 0 Å². The molecule has 11 heteroatoms. The van der Waals surface area contributed by atoms with E-state index in [1.807, 2.05) is 0 Å². The van der Waals surface area contributed by atoms with Gasteiger partial charge in [-0.15, -0.1) is 11.4 Å². The Balaban J connectivity index is -0.0000000383. The number of hydrogen-bond acceptors (Lipinski definition) is 5. The first-order valence-electron chi connectivity index (χ1n) is 1.20. The van der Waals surface area contributed by atoms with Crippen LogP contribution in [0.25, 0.3) is 0 Å². The minimum absolute atomic E-state index is 0. The zero-order valence-corrected chi connectivity index (χ0v) is 11.8. The van der Waals surface area contributed by atoms with Crippen LogP contribution in [0.1, 0.15) is 0 Å². The molecule has 0 bridgehead atoms. The molecule has 0 aliphatic carbocycles. The van der Waals surface area contributed by atoms with E-state index in [2.05, 4.69) is 0 Å². The van der Waals surface area contributed by atoms with Gasteiger partial charge in [-0.05, 0) is 0 Å². The van der Waals surface area contributed by atoms with Crippen LogP contribution in [0.15, 0.2) is 0 Å². The first-order valence-corrected chi connectivity index (χ1v) is 4.38. The molecule has 0 amide bonds. The molecular formula is H2CrNa2O7S. The van der Waals surface area contributed by atoms with Crippen molar-refractivity contribution in [2.45, 2.75) is 0 Å². The summed E-state index contributed by atoms with van der Waals surface area (Å²) in [6.07, 6.45) is 0. The van der Waals surface area contributed by atoms with Crippen LogP contribution < -0.4 is 59.1 Å². The van der Waals surface area contributed by atoms with Crippen molar-refractivity contribution in [1.29, 1.82) is 0 Å². The molecule has 11 heavy (non-hydrogen) atoms. The van der Waals surface area contributed by atoms with Gasteiger partial charge in [-0.1, -0.05) is 0 Å². The van der Waals surface area contributed by atoms with E-state index in [0.717, 1.165) is 0 Å². The zero-order chi connectivity index (χ0) is 8.08. The van der Waals surface area contributed by atoms with Crippen LogP contribution in [0.3, 0.4) is 0 Å². The second-order valence-electron chi connectivity index (χ2n) is 0.652. The van der Waals surface area contributed by atoms with E-state index < -0.39 is 25.0 Å². The van der Waals surface area contributed by atoms with Gasteiger partial charge in [-0.25, -0.2) is 0 Å². The fourth-order valence-corrected chi connectivity index (χ4v) is 0. The number of hydrogen-bond donors (Lipinski definition) is 2. The molecule has 0 aromatic heterocycles. The summed E-state index contributed by atoms with van der Waals surface area (Å²) >= 11 is -8.36. The molecule has 0 saturated carbocycles. The van der Waals surface area contributed by atoms with Crippen LogP contribution >= 0.6 is 0 Å². The van der Waals surface area contributed by atoms with Crippen LogP contribution in [0, 0.1) is 0 Å². The fourth-order valence-electron chi connectivity index (χ4n) is 0. The Kier molecular flexibility index (Phi) is 25.5. The van der Waals surface area contributed by atoms with Crippen molar-refractivity contribution in [2.24, 2.45) is 0 Å². The first kappa shape index (κ1) is 23.2. The Morgan fingerprint density at radius 3 is 1.09 bits per heavy atom. The maximum absolute atomic E-state index is 8.82. The molecular weight excluding hydrogens is 242 g/mol. The van der Waals surface area contributed by atoms with Crippen LogP contribution in [-0.4, -0.2) is 21.6 Å². The van der Waals surface area contributed by atoms with Crippen LogP contribution in [0.4, 0.5) is 0 Å². The SMILES string of the molecule is O=S([O-])[O-].[Na+].[Na+].[O]=[Cr](=[O])([OH])[OH]. The Hall–Kier alpha value is 2.12. The Labute approximate surface area is 112 Å². The van der Waals surface area contributed by atoms with Crippen molar-refractivity contribution in [2.75, 3.05) is 0 Å². The molecule has 0 atom stereocenters. The topological polar surface area (TPSA) is 138 Å². The summed E-state index contributed by atoms with van der Waals surface area (Å²) in [7, 11) is 0. The molecule has 58 valence electrons. The molecule has 2 N–H and O–H groups in total. The van der Waals surface area contributed by atoms with Crippen molar-refractivity contribution < 1.29 is 102 Å². The molecule has 0 fully saturated rings. The summed E-state index contributed by atoms with van der Waals surface area (Å²) < 4.78 is 57.2. The Morgan fingerprint density at radius 1 is 1.09 bits per heavy atom. The van der Waals surface area contributed by atoms with Crippen molar-refractivity contribution >= 4 is 11.4 Å². The normalized spacial score (nSPS) is 8.45. The van der Waals surface area contributed by atoms with Gasteiger partial charge in [0, 0.05) is 0 Å². The predicted molar refractivity (Wildman–Crippen MR) is 15.5 cm³/mol. The third-order valence-corrected chi connectivity index (χ3v) is 0. The molecule has 0 rings (SSSR count). The molecule has 7 nitrogen and oxygen atoms in total. The van der Waals surface area contributed by atoms with E-state index in [-0.39, 0.29) is 59.1 Å². The van der Waals surface area contributed by atoms with E-state index in [4.69, 9.17) is 29.2 Å². The maximum atomic E-state index is 8.82. The third kappa shape index (κ3) is 276. The van der Waals surface area contributed by atoms with Crippen molar-refractivity contribution in [3.8, 4) is 0 Å². The summed E-state index contributed by atoms with van der Waals surface area (Å²) in [6, 6.07) is 0. The first-order chi connectivity index (χ1) is 3.73. The van der Waals surface area contributed by atoms with E-state index in [9.17, 15) is 0 Å². The van der Waals surface area contributed by atoms with Crippen LogP contribution in [-0.2, 0) is 32.6 Å². The van der Waals surface area contributed by atoms with Crippen LogP contribution in [0.5, 0.6) is 0 Å². The molecule has 0 aromatic rings. The molecule has 0 unspecified atom stereocenters. The van der Waals surface area contributed by atoms with E-state index in [1.54, 1.807) is 0 Å². The van der Waals surface area contributed by atoms with Gasteiger partial charge < -0.3 is 9.11 Å². The van der Waals surface area contributed by atoms with Gasteiger partial charge in [0.2, 0.25) is 0 Å². The Morgan fingerprint density at radius 2 is 1.09 bits per heavy atom. The van der Waals surface area contributed by atoms with Gasteiger partial charge >= 0.3 is 88.7 Å². The fraction of sp³-hybridized carbons (Fsp3) is 0. The molecule has 0 aliphatic heterocycles. The quantitative estimate of drug-likeness (QED) is 0.318. The molecule has 0 saturated heterocycles. The standard InChI is InChI=1S/Cr.2Na.H2O3S.2H2O.2O/c;;;1-4(2)3;;;;/h;;;(H2,1,2,3);2*1H2;;/q+2;2*+1;;;;;/p-4. The van der Waals surface area contributed by atoms with E-state index in [0.29, 0.717) is 0 Å². The molecule has 0 spiro atoms. The molecule has 0 aromatic carbocycles. The van der Waals surface area contributed by atoms with E-state index in [1.165, 1.54) is 0 Å². The summed E-state index contributed by atoms with van der Waals surface area (Å²) in [6.45, 7) is 0. The minimum atomic E-state index is -5.25. The zero-order valence-electron chi connectivity index (χ0n) is 5.75. The third-order valence-electron chi connectivity index (χ3n) is 0. The molecule has 0 radical (unpaired) electrons. The van der Waals surface area contributed by atoms with Crippen LogP contribution in [0.2, 0.25) is 0 Å². The van der Waals surface area contributed by atoms with Gasteiger partial charge in [0.15, 0.2) is 0 Å². The average molecular weight is 244 g/mol. The monoisotopic (exact) mass is 244 g/mol. The summed E-state index contributed by atoms with van der Waals surface area (Å²) in [5.41, 5.74) is 0.